The Hall–Kier alpha value is -2.62. The SMILES string of the molecule is CC(C)(C)OC(=O)N1C2CCCC1CC(C(=O)c1cccc(-c3ccccc3)c1)C2. The van der Waals surface area contributed by atoms with Gasteiger partial charge in [-0.25, -0.2) is 4.79 Å². The topological polar surface area (TPSA) is 46.6 Å². The summed E-state index contributed by atoms with van der Waals surface area (Å²) in [6.07, 6.45) is 4.23. The zero-order valence-electron chi connectivity index (χ0n) is 18.1. The highest BCUT2D eigenvalue weighted by atomic mass is 16.6. The van der Waals surface area contributed by atoms with Crippen molar-refractivity contribution in [3.8, 4) is 11.1 Å². The number of nitrogens with zero attached hydrogens (tertiary/aromatic N) is 1. The van der Waals surface area contributed by atoms with Crippen molar-refractivity contribution in [3.63, 3.8) is 0 Å². The first-order valence-corrected chi connectivity index (χ1v) is 11.0. The molecule has 2 aromatic carbocycles. The number of ether oxygens (including phenoxy) is 1. The molecule has 30 heavy (non-hydrogen) atoms. The van der Waals surface area contributed by atoms with Gasteiger partial charge in [0.05, 0.1) is 0 Å². The molecule has 2 saturated heterocycles. The van der Waals surface area contributed by atoms with Gasteiger partial charge in [0.1, 0.15) is 5.60 Å². The summed E-state index contributed by atoms with van der Waals surface area (Å²) in [5, 5.41) is 0. The number of fused-ring (bicyclic) bond motifs is 2. The second-order valence-electron chi connectivity index (χ2n) is 9.61. The lowest BCUT2D eigenvalue weighted by atomic mass is 9.75. The molecule has 2 aromatic rings. The number of carbonyl (C=O) groups excluding carboxylic acids is 2. The third-order valence-corrected chi connectivity index (χ3v) is 6.20. The average Bonchev–Trinajstić information content (AvgIpc) is 2.71. The van der Waals surface area contributed by atoms with Gasteiger partial charge in [-0.15, -0.1) is 0 Å². The van der Waals surface area contributed by atoms with Crippen molar-refractivity contribution in [2.24, 2.45) is 5.92 Å². The fourth-order valence-corrected chi connectivity index (χ4v) is 4.93. The zero-order valence-corrected chi connectivity index (χ0v) is 18.1. The molecule has 2 aliphatic rings. The number of hydrogen-bond donors (Lipinski definition) is 0. The van der Waals surface area contributed by atoms with Gasteiger partial charge in [-0.2, -0.15) is 0 Å². The van der Waals surface area contributed by atoms with E-state index in [1.807, 2.05) is 68.1 Å². The molecule has 2 unspecified atom stereocenters. The van der Waals surface area contributed by atoms with Gasteiger partial charge in [0, 0.05) is 23.6 Å². The Morgan fingerprint density at radius 1 is 0.900 bits per heavy atom. The monoisotopic (exact) mass is 405 g/mol. The van der Waals surface area contributed by atoms with E-state index in [0.29, 0.717) is 0 Å². The first kappa shape index (κ1) is 20.6. The number of benzene rings is 2. The molecule has 0 saturated carbocycles. The molecule has 2 aliphatic heterocycles. The smallest absolute Gasteiger partial charge is 0.410 e. The van der Waals surface area contributed by atoms with Crippen LogP contribution < -0.4 is 0 Å². The second kappa shape index (κ2) is 8.25. The van der Waals surface area contributed by atoms with E-state index < -0.39 is 5.60 Å². The van der Waals surface area contributed by atoms with Crippen LogP contribution in [0.5, 0.6) is 0 Å². The van der Waals surface area contributed by atoms with Crippen LogP contribution >= 0.6 is 0 Å². The van der Waals surface area contributed by atoms with Crippen LogP contribution in [0.25, 0.3) is 11.1 Å². The largest absolute Gasteiger partial charge is 0.444 e. The van der Waals surface area contributed by atoms with E-state index in [1.54, 1.807) is 0 Å². The molecule has 2 bridgehead atoms. The van der Waals surface area contributed by atoms with Gasteiger partial charge in [0.2, 0.25) is 0 Å². The van der Waals surface area contributed by atoms with Crippen LogP contribution in [0.3, 0.4) is 0 Å². The van der Waals surface area contributed by atoms with Crippen molar-refractivity contribution >= 4 is 11.9 Å². The van der Waals surface area contributed by atoms with Gasteiger partial charge in [-0.1, -0.05) is 48.5 Å². The molecule has 0 N–H and O–H groups in total. The number of amides is 1. The summed E-state index contributed by atoms with van der Waals surface area (Å²) in [6, 6.07) is 18.3. The number of hydrogen-bond acceptors (Lipinski definition) is 3. The van der Waals surface area contributed by atoms with E-state index in [9.17, 15) is 9.59 Å². The van der Waals surface area contributed by atoms with Crippen molar-refractivity contribution in [1.82, 2.24) is 4.90 Å². The summed E-state index contributed by atoms with van der Waals surface area (Å²) in [5.41, 5.74) is 2.44. The first-order chi connectivity index (χ1) is 14.3. The molecule has 2 fully saturated rings. The predicted octanol–water partition coefficient (Wildman–Crippen LogP) is 6.10. The third kappa shape index (κ3) is 4.43. The number of rotatable bonds is 3. The van der Waals surface area contributed by atoms with E-state index in [4.69, 9.17) is 4.74 Å². The summed E-state index contributed by atoms with van der Waals surface area (Å²) in [6.45, 7) is 5.70. The minimum absolute atomic E-state index is 0.0370. The van der Waals surface area contributed by atoms with E-state index in [0.717, 1.165) is 48.8 Å². The maximum Gasteiger partial charge on any atom is 0.410 e. The quantitative estimate of drug-likeness (QED) is 0.579. The molecule has 2 heterocycles. The first-order valence-electron chi connectivity index (χ1n) is 11.0. The molecule has 4 rings (SSSR count). The molecule has 0 aromatic heterocycles. The van der Waals surface area contributed by atoms with Crippen LogP contribution in [0.2, 0.25) is 0 Å². The summed E-state index contributed by atoms with van der Waals surface area (Å²) < 4.78 is 5.66. The van der Waals surface area contributed by atoms with Gasteiger partial charge in [0.15, 0.2) is 5.78 Å². The average molecular weight is 406 g/mol. The number of Topliss-reactive ketones (excluding diaryl/α,β-unsaturated/α-hetero) is 1. The normalized spacial score (nSPS) is 23.7. The summed E-state index contributed by atoms with van der Waals surface area (Å²) in [7, 11) is 0. The highest BCUT2D eigenvalue weighted by Crippen LogP contribution is 2.39. The standard InChI is InChI=1S/C26H31NO3/c1-26(2,3)30-25(29)27-22-13-8-14-23(27)17-21(16-22)24(28)20-12-7-11-19(15-20)18-9-5-4-6-10-18/h4-7,9-12,15,21-23H,8,13-14,16-17H2,1-3H3. The van der Waals surface area contributed by atoms with Crippen LogP contribution in [0.15, 0.2) is 54.6 Å². The molecular weight excluding hydrogens is 374 g/mol. The Labute approximate surface area is 179 Å². The fourth-order valence-electron chi connectivity index (χ4n) is 4.93. The third-order valence-electron chi connectivity index (χ3n) is 6.20. The van der Waals surface area contributed by atoms with Crippen molar-refractivity contribution in [2.75, 3.05) is 0 Å². The lowest BCUT2D eigenvalue weighted by Crippen LogP contribution is -2.56. The van der Waals surface area contributed by atoms with Gasteiger partial charge < -0.3 is 9.64 Å². The molecule has 4 nitrogen and oxygen atoms in total. The van der Waals surface area contributed by atoms with Crippen LogP contribution in [0.4, 0.5) is 4.79 Å². The summed E-state index contributed by atoms with van der Waals surface area (Å²) in [4.78, 5) is 28.1. The Kier molecular flexibility index (Phi) is 5.68. The molecule has 1 amide bonds. The predicted molar refractivity (Wildman–Crippen MR) is 118 cm³/mol. The van der Waals surface area contributed by atoms with E-state index in [1.165, 1.54) is 0 Å². The lowest BCUT2D eigenvalue weighted by molar-refractivity contribution is -0.0260. The van der Waals surface area contributed by atoms with Crippen molar-refractivity contribution in [1.29, 1.82) is 0 Å². The van der Waals surface area contributed by atoms with Crippen molar-refractivity contribution < 1.29 is 14.3 Å². The number of piperidine rings is 2. The second-order valence-corrected chi connectivity index (χ2v) is 9.61. The van der Waals surface area contributed by atoms with Crippen molar-refractivity contribution in [3.05, 3.63) is 60.2 Å². The van der Waals surface area contributed by atoms with Gasteiger partial charge in [-0.3, -0.25) is 4.79 Å². The minimum atomic E-state index is -0.504. The molecule has 0 radical (unpaired) electrons. The van der Waals surface area contributed by atoms with Crippen molar-refractivity contribution in [2.45, 2.75) is 70.6 Å². The maximum atomic E-state index is 13.4. The Morgan fingerprint density at radius 3 is 2.17 bits per heavy atom. The maximum absolute atomic E-state index is 13.4. The molecule has 4 heteroatoms. The Bertz CT molecular complexity index is 901. The molecule has 2 atom stereocenters. The Morgan fingerprint density at radius 2 is 1.53 bits per heavy atom. The molecular formula is C26H31NO3. The van der Waals surface area contributed by atoms with E-state index in [-0.39, 0.29) is 29.9 Å². The van der Waals surface area contributed by atoms with Gasteiger partial charge in [0.25, 0.3) is 0 Å². The van der Waals surface area contributed by atoms with Crippen LogP contribution in [0, 0.1) is 5.92 Å². The summed E-state index contributed by atoms with van der Waals surface area (Å²) >= 11 is 0. The summed E-state index contributed by atoms with van der Waals surface area (Å²) in [5.74, 6) is 0.165. The molecule has 0 aliphatic carbocycles. The lowest BCUT2D eigenvalue weighted by Gasteiger charge is -2.48. The van der Waals surface area contributed by atoms with Crippen LogP contribution in [-0.2, 0) is 4.74 Å². The van der Waals surface area contributed by atoms with Gasteiger partial charge >= 0.3 is 6.09 Å². The fraction of sp³-hybridized carbons (Fsp3) is 0.462. The van der Waals surface area contributed by atoms with Crippen LogP contribution in [0.1, 0.15) is 63.2 Å². The van der Waals surface area contributed by atoms with Crippen LogP contribution in [-0.4, -0.2) is 34.5 Å². The Balaban J connectivity index is 1.51. The van der Waals surface area contributed by atoms with E-state index in [2.05, 4.69) is 12.1 Å². The highest BCUT2D eigenvalue weighted by Gasteiger charge is 2.44. The van der Waals surface area contributed by atoms with E-state index >= 15 is 0 Å². The number of ketones is 1. The van der Waals surface area contributed by atoms with Gasteiger partial charge in [-0.05, 0) is 70.1 Å². The zero-order chi connectivity index (χ0) is 21.3. The number of carbonyl (C=O) groups is 2. The highest BCUT2D eigenvalue weighted by molar-refractivity contribution is 5.99. The molecule has 0 spiro atoms. The molecule has 158 valence electrons. The minimum Gasteiger partial charge on any atom is -0.444 e.